The fourth-order valence-electron chi connectivity index (χ4n) is 2.50. The summed E-state index contributed by atoms with van der Waals surface area (Å²) in [7, 11) is 1.80. The highest BCUT2D eigenvalue weighted by Crippen LogP contribution is 2.19. The summed E-state index contributed by atoms with van der Waals surface area (Å²) in [4.78, 5) is 32.5. The number of carbonyl (C=O) groups excluding carboxylic acids is 1. The van der Waals surface area contributed by atoms with Gasteiger partial charge in [0.2, 0.25) is 5.91 Å². The molecule has 0 radical (unpaired) electrons. The van der Waals surface area contributed by atoms with Crippen LogP contribution in [0.25, 0.3) is 4.96 Å². The summed E-state index contributed by atoms with van der Waals surface area (Å²) in [6.45, 7) is 2.48. The van der Waals surface area contributed by atoms with Gasteiger partial charge < -0.3 is 15.7 Å². The lowest BCUT2D eigenvalue weighted by Crippen LogP contribution is -2.30. The standard InChI is InChI=1S/C16H19N5OS.C2HF3O2/c1-11-14(21-6-7-23-16(21)19-11)10-20(2)15(22)8-13(17)12-4-3-5-18-9-12;3-2(4,5)1(6)7/h3-7,9,13H,8,10,17H2,1-2H3;(H,6,7)/t13-;/m1./s1. The molecule has 1 atom stereocenters. The molecule has 0 bridgehead atoms. The van der Waals surface area contributed by atoms with Gasteiger partial charge in [0.05, 0.1) is 17.9 Å². The number of imidazole rings is 1. The van der Waals surface area contributed by atoms with Gasteiger partial charge in [0.1, 0.15) is 0 Å². The Balaban J connectivity index is 0.000000396. The van der Waals surface area contributed by atoms with Crippen LogP contribution in [0.15, 0.2) is 36.1 Å². The number of fused-ring (bicyclic) bond motifs is 1. The van der Waals surface area contributed by atoms with Gasteiger partial charge in [0.15, 0.2) is 4.96 Å². The Morgan fingerprint density at radius 2 is 2.07 bits per heavy atom. The number of aryl methyl sites for hydroxylation is 1. The predicted octanol–water partition coefficient (Wildman–Crippen LogP) is 2.78. The molecular formula is C18H20F3N5O3S. The van der Waals surface area contributed by atoms with Crippen LogP contribution in [0.2, 0.25) is 0 Å². The van der Waals surface area contributed by atoms with Crippen molar-refractivity contribution in [3.63, 3.8) is 0 Å². The third kappa shape index (κ3) is 6.00. The summed E-state index contributed by atoms with van der Waals surface area (Å²) < 4.78 is 33.8. The van der Waals surface area contributed by atoms with E-state index in [1.807, 2.05) is 35.0 Å². The summed E-state index contributed by atoms with van der Waals surface area (Å²) in [6, 6.07) is 3.37. The average molecular weight is 443 g/mol. The van der Waals surface area contributed by atoms with E-state index in [1.54, 1.807) is 35.7 Å². The average Bonchev–Trinajstić information content (AvgIpc) is 3.24. The number of carboxylic acid groups (broad SMARTS) is 1. The fraction of sp³-hybridized carbons (Fsp3) is 0.333. The number of hydrogen-bond acceptors (Lipinski definition) is 6. The number of hydrogen-bond donors (Lipinski definition) is 2. The van der Waals surface area contributed by atoms with E-state index < -0.39 is 12.1 Å². The van der Waals surface area contributed by atoms with Crippen LogP contribution in [0.4, 0.5) is 13.2 Å². The van der Waals surface area contributed by atoms with Crippen molar-refractivity contribution in [2.75, 3.05) is 7.05 Å². The van der Waals surface area contributed by atoms with Gasteiger partial charge in [-0.05, 0) is 18.6 Å². The summed E-state index contributed by atoms with van der Waals surface area (Å²) in [5.74, 6) is -2.75. The number of amides is 1. The lowest BCUT2D eigenvalue weighted by Gasteiger charge is -2.19. The van der Waals surface area contributed by atoms with Crippen molar-refractivity contribution in [2.24, 2.45) is 5.73 Å². The van der Waals surface area contributed by atoms with Crippen molar-refractivity contribution in [2.45, 2.75) is 32.1 Å². The monoisotopic (exact) mass is 443 g/mol. The number of pyridine rings is 1. The number of nitrogens with two attached hydrogens (primary N) is 1. The van der Waals surface area contributed by atoms with Crippen molar-refractivity contribution < 1.29 is 27.9 Å². The number of aromatic nitrogens is 3. The van der Waals surface area contributed by atoms with E-state index in [4.69, 9.17) is 15.6 Å². The van der Waals surface area contributed by atoms with E-state index in [9.17, 15) is 18.0 Å². The molecule has 30 heavy (non-hydrogen) atoms. The van der Waals surface area contributed by atoms with Gasteiger partial charge in [-0.15, -0.1) is 11.3 Å². The largest absolute Gasteiger partial charge is 0.490 e. The normalized spacial score (nSPS) is 12.2. The van der Waals surface area contributed by atoms with Crippen LogP contribution in [0.3, 0.4) is 0 Å². The molecular weight excluding hydrogens is 423 g/mol. The van der Waals surface area contributed by atoms with Crippen LogP contribution in [-0.4, -0.2) is 49.5 Å². The molecule has 0 saturated carbocycles. The molecule has 0 aliphatic rings. The first-order chi connectivity index (χ1) is 14.0. The molecule has 0 aromatic carbocycles. The minimum Gasteiger partial charge on any atom is -0.475 e. The number of carboxylic acids is 1. The number of carbonyl (C=O) groups is 2. The van der Waals surface area contributed by atoms with Crippen molar-refractivity contribution in [1.29, 1.82) is 0 Å². The van der Waals surface area contributed by atoms with Crippen LogP contribution >= 0.6 is 11.3 Å². The van der Waals surface area contributed by atoms with Crippen LogP contribution in [0.1, 0.15) is 29.4 Å². The number of aliphatic carboxylic acids is 1. The summed E-state index contributed by atoms with van der Waals surface area (Å²) >= 11 is 1.59. The van der Waals surface area contributed by atoms with E-state index >= 15 is 0 Å². The van der Waals surface area contributed by atoms with Crippen molar-refractivity contribution in [1.82, 2.24) is 19.3 Å². The summed E-state index contributed by atoms with van der Waals surface area (Å²) in [6.07, 6.45) is 0.550. The van der Waals surface area contributed by atoms with E-state index in [2.05, 4.69) is 9.97 Å². The number of halogens is 3. The quantitative estimate of drug-likeness (QED) is 0.627. The number of rotatable bonds is 5. The first kappa shape index (κ1) is 23.3. The Morgan fingerprint density at radius 3 is 2.63 bits per heavy atom. The van der Waals surface area contributed by atoms with Gasteiger partial charge >= 0.3 is 12.1 Å². The maximum Gasteiger partial charge on any atom is 0.490 e. The highest BCUT2D eigenvalue weighted by Gasteiger charge is 2.38. The van der Waals surface area contributed by atoms with Crippen LogP contribution in [0, 0.1) is 6.92 Å². The molecule has 0 unspecified atom stereocenters. The molecule has 3 heterocycles. The number of thiazole rings is 1. The maximum absolute atomic E-state index is 12.4. The first-order valence-corrected chi connectivity index (χ1v) is 9.49. The molecule has 3 aromatic heterocycles. The van der Waals surface area contributed by atoms with E-state index in [1.165, 1.54) is 0 Å². The Morgan fingerprint density at radius 1 is 1.40 bits per heavy atom. The Labute approximate surface area is 173 Å². The molecule has 0 spiro atoms. The Bertz CT molecular complexity index is 1000. The zero-order valence-electron chi connectivity index (χ0n) is 16.1. The molecule has 12 heteroatoms. The lowest BCUT2D eigenvalue weighted by atomic mass is 10.1. The Kier molecular flexibility index (Phi) is 7.51. The van der Waals surface area contributed by atoms with E-state index in [0.717, 1.165) is 21.9 Å². The van der Waals surface area contributed by atoms with Gasteiger partial charge in [0.25, 0.3) is 0 Å². The van der Waals surface area contributed by atoms with Gasteiger partial charge in [-0.2, -0.15) is 13.2 Å². The van der Waals surface area contributed by atoms with E-state index in [-0.39, 0.29) is 18.4 Å². The van der Waals surface area contributed by atoms with Crippen LogP contribution in [-0.2, 0) is 16.1 Å². The van der Waals surface area contributed by atoms with E-state index in [0.29, 0.717) is 6.54 Å². The van der Waals surface area contributed by atoms with Crippen molar-refractivity contribution in [3.8, 4) is 0 Å². The van der Waals surface area contributed by atoms with Crippen molar-refractivity contribution in [3.05, 3.63) is 53.1 Å². The lowest BCUT2D eigenvalue weighted by molar-refractivity contribution is -0.192. The highest BCUT2D eigenvalue weighted by atomic mass is 32.1. The second kappa shape index (κ2) is 9.67. The second-order valence-electron chi connectivity index (χ2n) is 6.35. The zero-order valence-corrected chi connectivity index (χ0v) is 16.9. The number of nitrogens with zero attached hydrogens (tertiary/aromatic N) is 4. The zero-order chi connectivity index (χ0) is 22.5. The smallest absolute Gasteiger partial charge is 0.475 e. The molecule has 3 aromatic rings. The maximum atomic E-state index is 12.4. The minimum absolute atomic E-state index is 0.00549. The molecule has 1 amide bonds. The molecule has 162 valence electrons. The van der Waals surface area contributed by atoms with Gasteiger partial charge in [0, 0.05) is 43.5 Å². The van der Waals surface area contributed by atoms with Crippen LogP contribution in [0.5, 0.6) is 0 Å². The van der Waals surface area contributed by atoms with Crippen molar-refractivity contribution >= 4 is 28.2 Å². The molecule has 0 aliphatic carbocycles. The first-order valence-electron chi connectivity index (χ1n) is 8.61. The second-order valence-corrected chi connectivity index (χ2v) is 7.22. The van der Waals surface area contributed by atoms with Gasteiger partial charge in [-0.1, -0.05) is 6.07 Å². The molecule has 0 saturated heterocycles. The molecule has 0 fully saturated rings. The summed E-state index contributed by atoms with van der Waals surface area (Å²) in [5, 5.41) is 9.12. The SMILES string of the molecule is Cc1nc2sccn2c1CN(C)C(=O)C[C@@H](N)c1cccnc1.O=C(O)C(F)(F)F. The third-order valence-corrected chi connectivity index (χ3v) is 4.88. The predicted molar refractivity (Wildman–Crippen MR) is 104 cm³/mol. The van der Waals surface area contributed by atoms with Crippen LogP contribution < -0.4 is 5.73 Å². The van der Waals surface area contributed by atoms with Gasteiger partial charge in [-0.25, -0.2) is 9.78 Å². The topological polar surface area (TPSA) is 114 Å². The highest BCUT2D eigenvalue weighted by molar-refractivity contribution is 7.15. The number of alkyl halides is 3. The fourth-order valence-corrected chi connectivity index (χ4v) is 3.28. The molecule has 3 rings (SSSR count). The summed E-state index contributed by atoms with van der Waals surface area (Å²) in [5.41, 5.74) is 8.96. The molecule has 0 aliphatic heterocycles. The third-order valence-electron chi connectivity index (χ3n) is 4.12. The van der Waals surface area contributed by atoms with Gasteiger partial charge in [-0.3, -0.25) is 14.2 Å². The molecule has 8 nitrogen and oxygen atoms in total. The molecule has 3 N–H and O–H groups in total. The Hall–Kier alpha value is -2.99. The minimum atomic E-state index is -5.08.